The van der Waals surface area contributed by atoms with E-state index in [0.29, 0.717) is 6.54 Å². The molecule has 1 heterocycles. The van der Waals surface area contributed by atoms with Crippen LogP contribution in [0.5, 0.6) is 0 Å². The third-order valence-electron chi connectivity index (χ3n) is 2.30. The Morgan fingerprint density at radius 3 is 2.58 bits per heavy atom. The van der Waals surface area contributed by atoms with Gasteiger partial charge in [0.2, 0.25) is 0 Å². The third kappa shape index (κ3) is 4.26. The molecule has 19 heavy (non-hydrogen) atoms. The maximum absolute atomic E-state index is 13.0. The van der Waals surface area contributed by atoms with Gasteiger partial charge >= 0.3 is 0 Å². The molecule has 0 amide bonds. The molecule has 0 bridgehead atoms. The second-order valence-electron chi connectivity index (χ2n) is 3.83. The van der Waals surface area contributed by atoms with Gasteiger partial charge < -0.3 is 10.6 Å². The summed E-state index contributed by atoms with van der Waals surface area (Å²) in [5.41, 5.74) is 1.22. The van der Waals surface area contributed by atoms with E-state index in [9.17, 15) is 8.78 Å². The first kappa shape index (κ1) is 13.4. The second kappa shape index (κ2) is 6.19. The first-order valence-corrected chi connectivity index (χ1v) is 5.94. The smallest absolute Gasteiger partial charge is 0.171 e. The van der Waals surface area contributed by atoms with Gasteiger partial charge in [0.15, 0.2) is 5.11 Å². The summed E-state index contributed by atoms with van der Waals surface area (Å²) in [7, 11) is 0. The van der Waals surface area contributed by atoms with Gasteiger partial charge in [-0.15, -0.1) is 0 Å². The van der Waals surface area contributed by atoms with Crippen LogP contribution in [0.25, 0.3) is 0 Å². The lowest BCUT2D eigenvalue weighted by molar-refractivity contribution is 0.584. The molecular weight excluding hydrogens is 268 g/mol. The lowest BCUT2D eigenvalue weighted by Gasteiger charge is -2.10. The van der Waals surface area contributed by atoms with Crippen LogP contribution in [0.1, 0.15) is 5.56 Å². The van der Waals surface area contributed by atoms with Crippen molar-refractivity contribution < 1.29 is 8.78 Å². The van der Waals surface area contributed by atoms with Crippen molar-refractivity contribution in [3.63, 3.8) is 0 Å². The van der Waals surface area contributed by atoms with Crippen LogP contribution in [-0.2, 0) is 6.54 Å². The molecular formula is C13H11F2N3S. The van der Waals surface area contributed by atoms with Crippen molar-refractivity contribution in [1.29, 1.82) is 0 Å². The van der Waals surface area contributed by atoms with Crippen molar-refractivity contribution in [1.82, 2.24) is 10.3 Å². The summed E-state index contributed by atoms with van der Waals surface area (Å²) in [4.78, 5) is 3.97. The Kier molecular flexibility index (Phi) is 4.35. The first-order chi connectivity index (χ1) is 9.13. The van der Waals surface area contributed by atoms with Crippen LogP contribution in [0.15, 0.2) is 42.7 Å². The van der Waals surface area contributed by atoms with Gasteiger partial charge in [0.25, 0.3) is 0 Å². The van der Waals surface area contributed by atoms with E-state index < -0.39 is 11.6 Å². The molecule has 98 valence electrons. The van der Waals surface area contributed by atoms with Crippen molar-refractivity contribution >= 4 is 23.0 Å². The average molecular weight is 279 g/mol. The first-order valence-electron chi connectivity index (χ1n) is 5.53. The van der Waals surface area contributed by atoms with Gasteiger partial charge in [-0.3, -0.25) is 4.98 Å². The highest BCUT2D eigenvalue weighted by molar-refractivity contribution is 7.80. The number of hydrogen-bond acceptors (Lipinski definition) is 2. The van der Waals surface area contributed by atoms with Crippen LogP contribution >= 0.6 is 12.2 Å². The van der Waals surface area contributed by atoms with Gasteiger partial charge in [0.1, 0.15) is 11.6 Å². The van der Waals surface area contributed by atoms with Crippen LogP contribution in [0.2, 0.25) is 0 Å². The van der Waals surface area contributed by atoms with E-state index in [1.54, 1.807) is 12.4 Å². The Labute approximate surface area is 114 Å². The molecule has 0 aliphatic rings. The average Bonchev–Trinajstić information content (AvgIpc) is 2.36. The molecule has 0 radical (unpaired) electrons. The van der Waals surface area contributed by atoms with E-state index in [0.717, 1.165) is 11.6 Å². The van der Waals surface area contributed by atoms with Gasteiger partial charge in [-0.25, -0.2) is 8.78 Å². The number of thiocarbonyl (C=S) groups is 1. The van der Waals surface area contributed by atoms with Crippen molar-refractivity contribution in [3.05, 3.63) is 59.9 Å². The minimum absolute atomic E-state index is 0.265. The van der Waals surface area contributed by atoms with E-state index in [1.165, 1.54) is 12.1 Å². The normalized spacial score (nSPS) is 10.0. The Bertz CT molecular complexity index is 555. The Balaban J connectivity index is 1.91. The number of pyridine rings is 1. The molecule has 6 heteroatoms. The van der Waals surface area contributed by atoms with Crippen molar-refractivity contribution in [2.45, 2.75) is 6.54 Å². The molecule has 0 atom stereocenters. The zero-order chi connectivity index (χ0) is 13.7. The number of aromatic nitrogens is 1. The SMILES string of the molecule is Fc1cc(F)cc(NC(=S)NCc2cccnc2)c1. The van der Waals surface area contributed by atoms with Gasteiger partial charge in [-0.2, -0.15) is 0 Å². The Morgan fingerprint density at radius 1 is 1.21 bits per heavy atom. The van der Waals surface area contributed by atoms with E-state index >= 15 is 0 Å². The highest BCUT2D eigenvalue weighted by atomic mass is 32.1. The predicted octanol–water partition coefficient (Wildman–Crippen LogP) is 2.85. The van der Waals surface area contributed by atoms with E-state index in [4.69, 9.17) is 12.2 Å². The Morgan fingerprint density at radius 2 is 1.95 bits per heavy atom. The zero-order valence-corrected chi connectivity index (χ0v) is 10.7. The summed E-state index contributed by atoms with van der Waals surface area (Å²) in [6, 6.07) is 6.85. The fourth-order valence-electron chi connectivity index (χ4n) is 1.49. The summed E-state index contributed by atoms with van der Waals surface area (Å²) >= 11 is 5.03. The summed E-state index contributed by atoms with van der Waals surface area (Å²) in [5.74, 6) is -1.31. The molecule has 2 rings (SSSR count). The number of rotatable bonds is 3. The van der Waals surface area contributed by atoms with Crippen LogP contribution < -0.4 is 10.6 Å². The maximum Gasteiger partial charge on any atom is 0.171 e. The quantitative estimate of drug-likeness (QED) is 0.847. The minimum Gasteiger partial charge on any atom is -0.358 e. The number of halogens is 2. The van der Waals surface area contributed by atoms with Crippen LogP contribution in [0, 0.1) is 11.6 Å². The zero-order valence-electron chi connectivity index (χ0n) is 9.86. The molecule has 1 aromatic heterocycles. The third-order valence-corrected chi connectivity index (χ3v) is 2.54. The molecule has 0 saturated carbocycles. The van der Waals surface area contributed by atoms with Gasteiger partial charge in [0.05, 0.1) is 0 Å². The van der Waals surface area contributed by atoms with Crippen molar-refractivity contribution in [2.75, 3.05) is 5.32 Å². The summed E-state index contributed by atoms with van der Waals surface area (Å²) < 4.78 is 26.0. The molecule has 1 aromatic carbocycles. The van der Waals surface area contributed by atoms with Gasteiger partial charge in [0, 0.05) is 30.7 Å². The van der Waals surface area contributed by atoms with E-state index in [1.807, 2.05) is 12.1 Å². The summed E-state index contributed by atoms with van der Waals surface area (Å²) in [6.07, 6.45) is 3.38. The topological polar surface area (TPSA) is 37.0 Å². The monoisotopic (exact) mass is 279 g/mol. The minimum atomic E-state index is -0.655. The fourth-order valence-corrected chi connectivity index (χ4v) is 1.68. The largest absolute Gasteiger partial charge is 0.358 e. The van der Waals surface area contributed by atoms with E-state index in [-0.39, 0.29) is 10.8 Å². The van der Waals surface area contributed by atoms with Crippen LogP contribution in [0.3, 0.4) is 0 Å². The molecule has 0 spiro atoms. The van der Waals surface area contributed by atoms with Crippen molar-refractivity contribution in [3.8, 4) is 0 Å². The molecule has 0 aliphatic heterocycles. The van der Waals surface area contributed by atoms with Crippen LogP contribution in [-0.4, -0.2) is 10.1 Å². The maximum atomic E-state index is 13.0. The lowest BCUT2D eigenvalue weighted by atomic mass is 10.3. The van der Waals surface area contributed by atoms with Crippen molar-refractivity contribution in [2.24, 2.45) is 0 Å². The second-order valence-corrected chi connectivity index (χ2v) is 4.24. The number of hydrogen-bond donors (Lipinski definition) is 2. The number of nitrogens with zero attached hydrogens (tertiary/aromatic N) is 1. The number of anilines is 1. The van der Waals surface area contributed by atoms with Gasteiger partial charge in [-0.1, -0.05) is 6.07 Å². The van der Waals surface area contributed by atoms with Crippen LogP contribution in [0.4, 0.5) is 14.5 Å². The number of nitrogens with one attached hydrogen (secondary N) is 2. The summed E-state index contributed by atoms with van der Waals surface area (Å²) in [5, 5.41) is 5.92. The molecule has 0 fully saturated rings. The van der Waals surface area contributed by atoms with Gasteiger partial charge in [-0.05, 0) is 36.0 Å². The summed E-state index contributed by atoms with van der Waals surface area (Å²) in [6.45, 7) is 0.484. The standard InChI is InChI=1S/C13H11F2N3S/c14-10-4-11(15)6-12(5-10)18-13(19)17-8-9-2-1-3-16-7-9/h1-7H,8H2,(H2,17,18,19). The fraction of sp³-hybridized carbons (Fsp3) is 0.0769. The number of benzene rings is 1. The van der Waals surface area contributed by atoms with E-state index in [2.05, 4.69) is 15.6 Å². The lowest BCUT2D eigenvalue weighted by Crippen LogP contribution is -2.28. The predicted molar refractivity (Wildman–Crippen MR) is 73.7 cm³/mol. The molecule has 3 nitrogen and oxygen atoms in total. The molecule has 2 N–H and O–H groups in total. The molecule has 0 saturated heterocycles. The molecule has 2 aromatic rings. The highest BCUT2D eigenvalue weighted by Gasteiger charge is 2.02. The Hall–Kier alpha value is -2.08. The highest BCUT2D eigenvalue weighted by Crippen LogP contribution is 2.12. The molecule has 0 unspecified atom stereocenters. The molecule has 0 aliphatic carbocycles.